The van der Waals surface area contributed by atoms with Crippen LogP contribution in [0.5, 0.6) is 0 Å². The Bertz CT molecular complexity index is 696. The van der Waals surface area contributed by atoms with E-state index in [1.165, 1.54) is 0 Å². The highest BCUT2D eigenvalue weighted by atomic mass is 79.9. The van der Waals surface area contributed by atoms with Crippen molar-refractivity contribution in [3.63, 3.8) is 0 Å². The molecule has 0 radical (unpaired) electrons. The molecular formula is C18H23BrN2O4. The van der Waals surface area contributed by atoms with E-state index in [1.54, 1.807) is 59.7 Å². The van der Waals surface area contributed by atoms with Gasteiger partial charge in [0, 0.05) is 4.47 Å². The third kappa shape index (κ3) is 7.14. The number of benzene rings is 1. The van der Waals surface area contributed by atoms with Crippen LogP contribution >= 0.6 is 15.9 Å². The van der Waals surface area contributed by atoms with E-state index in [0.29, 0.717) is 4.47 Å². The van der Waals surface area contributed by atoms with Crippen LogP contribution in [0.25, 0.3) is 0 Å². The number of esters is 1. The summed E-state index contributed by atoms with van der Waals surface area (Å²) < 4.78 is 11.3. The molecule has 0 heterocycles. The molecule has 136 valence electrons. The van der Waals surface area contributed by atoms with Gasteiger partial charge in [0.05, 0.1) is 11.3 Å². The zero-order valence-corrected chi connectivity index (χ0v) is 16.9. The van der Waals surface area contributed by atoms with Crippen LogP contribution < -0.4 is 4.90 Å². The number of halogens is 1. The average Bonchev–Trinajstić information content (AvgIpc) is 2.40. The summed E-state index contributed by atoms with van der Waals surface area (Å²) in [6.45, 7) is 10.0. The second-order valence-electron chi connectivity index (χ2n) is 7.43. The van der Waals surface area contributed by atoms with Crippen molar-refractivity contribution in [2.75, 3.05) is 11.4 Å². The monoisotopic (exact) mass is 410 g/mol. The second kappa shape index (κ2) is 7.87. The Kier molecular flexibility index (Phi) is 6.61. The van der Waals surface area contributed by atoms with Crippen molar-refractivity contribution in [3.8, 4) is 6.07 Å². The van der Waals surface area contributed by atoms with E-state index in [2.05, 4.69) is 15.9 Å². The summed E-state index contributed by atoms with van der Waals surface area (Å²) in [6, 6.07) is 6.85. The van der Waals surface area contributed by atoms with Crippen LogP contribution in [0.4, 0.5) is 10.5 Å². The molecule has 7 heteroatoms. The fraction of sp³-hybridized carbons (Fsp3) is 0.500. The highest BCUT2D eigenvalue weighted by molar-refractivity contribution is 9.10. The summed E-state index contributed by atoms with van der Waals surface area (Å²) in [5, 5.41) is 9.33. The van der Waals surface area contributed by atoms with Crippen molar-refractivity contribution >= 4 is 33.7 Å². The molecular weight excluding hydrogens is 388 g/mol. The van der Waals surface area contributed by atoms with Gasteiger partial charge in [-0.3, -0.25) is 9.69 Å². The van der Waals surface area contributed by atoms with E-state index >= 15 is 0 Å². The topological polar surface area (TPSA) is 79.6 Å². The van der Waals surface area contributed by atoms with E-state index in [9.17, 15) is 14.9 Å². The van der Waals surface area contributed by atoms with Crippen LogP contribution in [0.1, 0.15) is 47.1 Å². The van der Waals surface area contributed by atoms with Gasteiger partial charge >= 0.3 is 12.1 Å². The van der Waals surface area contributed by atoms with Crippen molar-refractivity contribution in [1.82, 2.24) is 0 Å². The van der Waals surface area contributed by atoms with E-state index in [-0.39, 0.29) is 17.8 Å². The van der Waals surface area contributed by atoms with Gasteiger partial charge in [0.15, 0.2) is 0 Å². The lowest BCUT2D eigenvalue weighted by Gasteiger charge is -2.28. The van der Waals surface area contributed by atoms with Gasteiger partial charge in [0.2, 0.25) is 0 Å². The van der Waals surface area contributed by atoms with Crippen molar-refractivity contribution in [1.29, 1.82) is 5.26 Å². The molecule has 0 bridgehead atoms. The highest BCUT2D eigenvalue weighted by Crippen LogP contribution is 2.27. The Balaban J connectivity index is 3.25. The standard InChI is InChI=1S/C18H23BrN2O4/c1-17(2,3)24-15(22)11-21(16(23)25-18(4,5)6)14-9-13(19)8-7-12(14)10-20/h7-9H,11H2,1-6H3. The number of carbonyl (C=O) groups excluding carboxylic acids is 2. The zero-order valence-electron chi connectivity index (χ0n) is 15.3. The van der Waals surface area contributed by atoms with Crippen LogP contribution in [0, 0.1) is 11.3 Å². The van der Waals surface area contributed by atoms with Gasteiger partial charge in [-0.25, -0.2) is 4.79 Å². The van der Waals surface area contributed by atoms with Gasteiger partial charge in [0.1, 0.15) is 23.8 Å². The Morgan fingerprint density at radius 3 is 2.16 bits per heavy atom. The summed E-state index contributed by atoms with van der Waals surface area (Å²) in [7, 11) is 0. The first-order valence-electron chi connectivity index (χ1n) is 7.74. The third-order valence-corrected chi connectivity index (χ3v) is 3.19. The van der Waals surface area contributed by atoms with Crippen molar-refractivity contribution in [2.24, 2.45) is 0 Å². The molecule has 0 atom stereocenters. The Morgan fingerprint density at radius 1 is 1.12 bits per heavy atom. The fourth-order valence-electron chi connectivity index (χ4n) is 1.89. The number of amides is 1. The molecule has 0 aliphatic carbocycles. The molecule has 1 aromatic carbocycles. The van der Waals surface area contributed by atoms with E-state index in [0.717, 1.165) is 4.90 Å². The summed E-state index contributed by atoms with van der Waals surface area (Å²) in [4.78, 5) is 26.0. The Hall–Kier alpha value is -2.07. The minimum absolute atomic E-state index is 0.248. The molecule has 0 N–H and O–H groups in total. The lowest BCUT2D eigenvalue weighted by Crippen LogP contribution is -2.42. The molecule has 0 aromatic heterocycles. The second-order valence-corrected chi connectivity index (χ2v) is 8.34. The van der Waals surface area contributed by atoms with Crippen LogP contribution in [0.2, 0.25) is 0 Å². The van der Waals surface area contributed by atoms with Gasteiger partial charge in [-0.05, 0) is 59.7 Å². The Morgan fingerprint density at radius 2 is 1.68 bits per heavy atom. The first-order chi connectivity index (χ1) is 11.3. The molecule has 0 aliphatic rings. The minimum atomic E-state index is -0.748. The van der Waals surface area contributed by atoms with Crippen molar-refractivity contribution in [2.45, 2.75) is 52.7 Å². The molecule has 0 aliphatic heterocycles. The Labute approximate surface area is 156 Å². The quantitative estimate of drug-likeness (QED) is 0.689. The number of anilines is 1. The lowest BCUT2D eigenvalue weighted by molar-refractivity contribution is -0.153. The molecule has 1 rings (SSSR count). The number of hydrogen-bond donors (Lipinski definition) is 0. The molecule has 1 aromatic rings. The van der Waals surface area contributed by atoms with Gasteiger partial charge in [-0.2, -0.15) is 5.26 Å². The van der Waals surface area contributed by atoms with Gasteiger partial charge < -0.3 is 9.47 Å². The number of carbonyl (C=O) groups is 2. The summed E-state index contributed by atoms with van der Waals surface area (Å²) in [5.41, 5.74) is -0.914. The largest absolute Gasteiger partial charge is 0.459 e. The minimum Gasteiger partial charge on any atom is -0.459 e. The smallest absolute Gasteiger partial charge is 0.415 e. The van der Waals surface area contributed by atoms with E-state index in [1.807, 2.05) is 6.07 Å². The molecule has 6 nitrogen and oxygen atoms in total. The first-order valence-corrected chi connectivity index (χ1v) is 8.54. The fourth-order valence-corrected chi connectivity index (χ4v) is 2.24. The number of nitriles is 1. The molecule has 0 saturated carbocycles. The predicted octanol–water partition coefficient (Wildman–Crippen LogP) is 4.40. The number of rotatable bonds is 3. The molecule has 0 saturated heterocycles. The van der Waals surface area contributed by atoms with E-state index in [4.69, 9.17) is 9.47 Å². The van der Waals surface area contributed by atoms with E-state index < -0.39 is 23.3 Å². The maximum Gasteiger partial charge on any atom is 0.415 e. The molecule has 0 fully saturated rings. The zero-order chi connectivity index (χ0) is 19.4. The van der Waals surface area contributed by atoms with Gasteiger partial charge in [-0.1, -0.05) is 15.9 Å². The number of ether oxygens (including phenoxy) is 2. The third-order valence-electron chi connectivity index (χ3n) is 2.69. The molecule has 0 unspecified atom stereocenters. The number of hydrogen-bond acceptors (Lipinski definition) is 5. The SMILES string of the molecule is CC(C)(C)OC(=O)CN(C(=O)OC(C)(C)C)c1cc(Br)ccc1C#N. The number of nitrogens with zero attached hydrogens (tertiary/aromatic N) is 2. The summed E-state index contributed by atoms with van der Waals surface area (Å²) in [6.07, 6.45) is -0.729. The highest BCUT2D eigenvalue weighted by Gasteiger charge is 2.29. The molecule has 0 spiro atoms. The lowest BCUT2D eigenvalue weighted by atomic mass is 10.1. The summed E-state index contributed by atoms with van der Waals surface area (Å²) in [5.74, 6) is -0.595. The molecule has 25 heavy (non-hydrogen) atoms. The van der Waals surface area contributed by atoms with Crippen LogP contribution in [0.15, 0.2) is 22.7 Å². The van der Waals surface area contributed by atoms with Crippen LogP contribution in [0.3, 0.4) is 0 Å². The molecule has 1 amide bonds. The first kappa shape index (κ1) is 21.0. The normalized spacial score (nSPS) is 11.4. The van der Waals surface area contributed by atoms with Crippen molar-refractivity contribution < 1.29 is 19.1 Å². The van der Waals surface area contributed by atoms with Crippen LogP contribution in [-0.2, 0) is 14.3 Å². The van der Waals surface area contributed by atoms with Gasteiger partial charge in [-0.15, -0.1) is 0 Å². The van der Waals surface area contributed by atoms with Gasteiger partial charge in [0.25, 0.3) is 0 Å². The maximum atomic E-state index is 12.6. The average molecular weight is 411 g/mol. The van der Waals surface area contributed by atoms with Crippen LogP contribution in [-0.4, -0.2) is 29.8 Å². The summed E-state index contributed by atoms with van der Waals surface area (Å²) >= 11 is 3.32. The van der Waals surface area contributed by atoms with Crippen molar-refractivity contribution in [3.05, 3.63) is 28.2 Å². The maximum absolute atomic E-state index is 12.6. The predicted molar refractivity (Wildman–Crippen MR) is 98.3 cm³/mol.